The third kappa shape index (κ3) is 3.87. The molecule has 5 heteroatoms. The largest absolute Gasteiger partial charge is 0.466 e. The summed E-state index contributed by atoms with van der Waals surface area (Å²) < 4.78 is 5.12. The molecule has 20 heavy (non-hydrogen) atoms. The number of carbonyl (C=O) groups excluding carboxylic acids is 1. The fraction of sp³-hybridized carbons (Fsp3) is 0.533. The van der Waals surface area contributed by atoms with Crippen molar-refractivity contribution in [2.24, 2.45) is 5.92 Å². The molecule has 0 saturated carbocycles. The SMILES string of the molecule is CCOC(=O)[C@@H]1CCC[NH+](Cc2c(Cl)cccc2Cl)C1. The number of ether oxygens (including phenoxy) is 1. The zero-order chi connectivity index (χ0) is 14.5. The summed E-state index contributed by atoms with van der Waals surface area (Å²) in [7, 11) is 0. The molecule has 2 atom stereocenters. The van der Waals surface area contributed by atoms with Crippen LogP contribution in [0.2, 0.25) is 10.0 Å². The molecule has 1 unspecified atom stereocenters. The molecule has 1 aromatic rings. The van der Waals surface area contributed by atoms with Gasteiger partial charge in [-0.15, -0.1) is 0 Å². The summed E-state index contributed by atoms with van der Waals surface area (Å²) in [5.74, 6) is -0.0741. The van der Waals surface area contributed by atoms with E-state index in [1.165, 1.54) is 4.90 Å². The van der Waals surface area contributed by atoms with Crippen molar-refractivity contribution < 1.29 is 14.4 Å². The zero-order valence-corrected chi connectivity index (χ0v) is 13.1. The van der Waals surface area contributed by atoms with Crippen LogP contribution in [0.4, 0.5) is 0 Å². The van der Waals surface area contributed by atoms with E-state index >= 15 is 0 Å². The highest BCUT2D eigenvalue weighted by atomic mass is 35.5. The van der Waals surface area contributed by atoms with Gasteiger partial charge in [-0.25, -0.2) is 0 Å². The lowest BCUT2D eigenvalue weighted by Crippen LogP contribution is -3.12. The molecule has 0 radical (unpaired) electrons. The molecule has 1 N–H and O–H groups in total. The van der Waals surface area contributed by atoms with Crippen molar-refractivity contribution in [3.8, 4) is 0 Å². The minimum Gasteiger partial charge on any atom is -0.466 e. The highest BCUT2D eigenvalue weighted by molar-refractivity contribution is 6.35. The monoisotopic (exact) mass is 316 g/mol. The van der Waals surface area contributed by atoms with Crippen LogP contribution in [0.15, 0.2) is 18.2 Å². The summed E-state index contributed by atoms with van der Waals surface area (Å²) in [6.45, 7) is 4.88. The number of hydrogen-bond acceptors (Lipinski definition) is 2. The van der Waals surface area contributed by atoms with Gasteiger partial charge in [-0.2, -0.15) is 0 Å². The van der Waals surface area contributed by atoms with Crippen LogP contribution < -0.4 is 4.90 Å². The molecule has 0 bridgehead atoms. The van der Waals surface area contributed by atoms with Gasteiger partial charge in [-0.05, 0) is 31.9 Å². The first-order chi connectivity index (χ1) is 9.61. The Labute approximate surface area is 129 Å². The number of carbonyl (C=O) groups is 1. The minimum atomic E-state index is -0.0741. The molecule has 0 amide bonds. The van der Waals surface area contributed by atoms with Crippen LogP contribution in [-0.4, -0.2) is 25.7 Å². The molecule has 0 aromatic heterocycles. The molecule has 1 saturated heterocycles. The van der Waals surface area contributed by atoms with Crippen molar-refractivity contribution in [1.29, 1.82) is 0 Å². The summed E-state index contributed by atoms with van der Waals surface area (Å²) >= 11 is 12.4. The molecule has 1 fully saturated rings. The van der Waals surface area contributed by atoms with Gasteiger partial charge < -0.3 is 9.64 Å². The van der Waals surface area contributed by atoms with Gasteiger partial charge in [0.25, 0.3) is 0 Å². The second kappa shape index (κ2) is 7.30. The van der Waals surface area contributed by atoms with Gasteiger partial charge in [-0.1, -0.05) is 29.3 Å². The highest BCUT2D eigenvalue weighted by Crippen LogP contribution is 2.23. The van der Waals surface area contributed by atoms with Crippen molar-refractivity contribution in [2.75, 3.05) is 19.7 Å². The maximum Gasteiger partial charge on any atom is 0.314 e. The molecule has 1 aliphatic rings. The normalized spacial score (nSPS) is 22.6. The van der Waals surface area contributed by atoms with Gasteiger partial charge in [0, 0.05) is 5.56 Å². The van der Waals surface area contributed by atoms with Crippen LogP contribution >= 0.6 is 23.2 Å². The van der Waals surface area contributed by atoms with Gasteiger partial charge in [0.2, 0.25) is 0 Å². The lowest BCUT2D eigenvalue weighted by atomic mass is 9.97. The Kier molecular flexibility index (Phi) is 5.70. The fourth-order valence-corrected chi connectivity index (χ4v) is 3.26. The number of likely N-dealkylation sites (tertiary alicyclic amines) is 1. The van der Waals surface area contributed by atoms with E-state index in [-0.39, 0.29) is 11.9 Å². The third-order valence-corrected chi connectivity index (χ3v) is 4.43. The predicted molar refractivity (Wildman–Crippen MR) is 80.2 cm³/mol. The lowest BCUT2D eigenvalue weighted by molar-refractivity contribution is -0.921. The van der Waals surface area contributed by atoms with Crippen molar-refractivity contribution in [2.45, 2.75) is 26.3 Å². The van der Waals surface area contributed by atoms with Crippen LogP contribution in [-0.2, 0) is 16.1 Å². The lowest BCUT2D eigenvalue weighted by Gasteiger charge is -2.29. The predicted octanol–water partition coefficient (Wildman–Crippen LogP) is 2.35. The number of rotatable bonds is 4. The van der Waals surface area contributed by atoms with E-state index in [9.17, 15) is 4.79 Å². The van der Waals surface area contributed by atoms with Crippen molar-refractivity contribution in [3.63, 3.8) is 0 Å². The van der Waals surface area contributed by atoms with E-state index in [1.807, 2.05) is 25.1 Å². The maximum atomic E-state index is 11.8. The second-order valence-corrected chi connectivity index (χ2v) is 5.99. The summed E-state index contributed by atoms with van der Waals surface area (Å²) in [6.07, 6.45) is 1.94. The maximum absolute atomic E-state index is 11.8. The Morgan fingerprint density at radius 2 is 2.10 bits per heavy atom. The molecular formula is C15H20Cl2NO2+. The first-order valence-electron chi connectivity index (χ1n) is 7.05. The molecular weight excluding hydrogens is 297 g/mol. The van der Waals surface area contributed by atoms with E-state index in [0.717, 1.165) is 38.0 Å². The zero-order valence-electron chi connectivity index (χ0n) is 11.6. The third-order valence-electron chi connectivity index (χ3n) is 3.73. The van der Waals surface area contributed by atoms with Gasteiger partial charge in [0.15, 0.2) is 0 Å². The Balaban J connectivity index is 2.01. The van der Waals surface area contributed by atoms with Crippen LogP contribution in [0.1, 0.15) is 25.3 Å². The summed E-state index contributed by atoms with van der Waals surface area (Å²) in [4.78, 5) is 13.2. The molecule has 110 valence electrons. The van der Waals surface area contributed by atoms with Gasteiger partial charge in [0.1, 0.15) is 12.5 Å². The molecule has 2 rings (SSSR count). The Morgan fingerprint density at radius 3 is 2.75 bits per heavy atom. The van der Waals surface area contributed by atoms with E-state index in [2.05, 4.69) is 0 Å². The average Bonchev–Trinajstić information content (AvgIpc) is 2.44. The van der Waals surface area contributed by atoms with Gasteiger partial charge in [0.05, 0.1) is 29.7 Å². The number of piperidine rings is 1. The number of esters is 1. The smallest absolute Gasteiger partial charge is 0.314 e. The summed E-state index contributed by atoms with van der Waals surface area (Å²) in [6, 6.07) is 5.56. The molecule has 0 spiro atoms. The molecule has 1 aliphatic heterocycles. The highest BCUT2D eigenvalue weighted by Gasteiger charge is 2.30. The number of nitrogens with one attached hydrogen (secondary N) is 1. The van der Waals surface area contributed by atoms with E-state index in [4.69, 9.17) is 27.9 Å². The Hall–Kier alpha value is -0.770. The fourth-order valence-electron chi connectivity index (χ4n) is 2.72. The van der Waals surface area contributed by atoms with Crippen molar-refractivity contribution in [1.82, 2.24) is 0 Å². The molecule has 0 aliphatic carbocycles. The van der Waals surface area contributed by atoms with Crippen LogP contribution in [0.3, 0.4) is 0 Å². The first-order valence-corrected chi connectivity index (χ1v) is 7.80. The summed E-state index contributed by atoms with van der Waals surface area (Å²) in [5.41, 5.74) is 0.968. The molecule has 1 aromatic carbocycles. The van der Waals surface area contributed by atoms with Crippen LogP contribution in [0.25, 0.3) is 0 Å². The van der Waals surface area contributed by atoms with Crippen LogP contribution in [0.5, 0.6) is 0 Å². The number of halogens is 2. The van der Waals surface area contributed by atoms with E-state index in [0.29, 0.717) is 16.7 Å². The Morgan fingerprint density at radius 1 is 1.40 bits per heavy atom. The second-order valence-electron chi connectivity index (χ2n) is 5.17. The minimum absolute atomic E-state index is 0.0000340. The van der Waals surface area contributed by atoms with E-state index < -0.39 is 0 Å². The average molecular weight is 317 g/mol. The first kappa shape index (κ1) is 15.6. The topological polar surface area (TPSA) is 30.7 Å². The standard InChI is InChI=1S/C15H19Cl2NO2/c1-2-20-15(19)11-5-4-8-18(9-11)10-12-13(16)6-3-7-14(12)17/h3,6-7,11H,2,4-5,8-10H2,1H3/p+1/t11-/m1/s1. The van der Waals surface area contributed by atoms with E-state index in [1.54, 1.807) is 0 Å². The molecule has 3 nitrogen and oxygen atoms in total. The van der Waals surface area contributed by atoms with Crippen LogP contribution in [0, 0.1) is 5.92 Å². The number of benzene rings is 1. The quantitative estimate of drug-likeness (QED) is 0.864. The number of hydrogen-bond donors (Lipinski definition) is 1. The molecule has 1 heterocycles. The number of quaternary nitrogens is 1. The van der Waals surface area contributed by atoms with Crippen molar-refractivity contribution in [3.05, 3.63) is 33.8 Å². The van der Waals surface area contributed by atoms with Gasteiger partial charge >= 0.3 is 5.97 Å². The van der Waals surface area contributed by atoms with Gasteiger partial charge in [-0.3, -0.25) is 4.79 Å². The van der Waals surface area contributed by atoms with Crippen molar-refractivity contribution >= 4 is 29.2 Å². The Bertz CT molecular complexity index is 459. The summed E-state index contributed by atoms with van der Waals surface area (Å²) in [5, 5.41) is 1.39.